The summed E-state index contributed by atoms with van der Waals surface area (Å²) in [7, 11) is 8.96. The zero-order chi connectivity index (χ0) is 32.0. The van der Waals surface area contributed by atoms with E-state index in [-0.39, 0.29) is 0 Å². The van der Waals surface area contributed by atoms with Gasteiger partial charge >= 0.3 is 0 Å². The Morgan fingerprint density at radius 2 is 1.16 bits per heavy atom. The molecule has 13 nitrogen and oxygen atoms in total. The number of nitrogens with one attached hydrogen (secondary N) is 6. The fourth-order valence-corrected chi connectivity index (χ4v) is 4.06. The van der Waals surface area contributed by atoms with Crippen LogP contribution < -0.4 is 50.8 Å². The lowest BCUT2D eigenvalue weighted by atomic mass is 10.0. The van der Waals surface area contributed by atoms with Crippen LogP contribution in [0.3, 0.4) is 0 Å². The molecule has 244 valence electrons. The van der Waals surface area contributed by atoms with Crippen LogP contribution in [0.2, 0.25) is 0 Å². The molecule has 0 saturated carbocycles. The molecule has 2 aromatic rings. The summed E-state index contributed by atoms with van der Waals surface area (Å²) in [5.74, 6) is 3.84. The van der Waals surface area contributed by atoms with E-state index in [0.29, 0.717) is 94.2 Å². The predicted molar refractivity (Wildman–Crippen MR) is 180 cm³/mol. The van der Waals surface area contributed by atoms with Crippen molar-refractivity contribution >= 4 is 17.6 Å². The second kappa shape index (κ2) is 21.5. The summed E-state index contributed by atoms with van der Waals surface area (Å²) in [6.07, 6.45) is 0. The van der Waals surface area contributed by atoms with Gasteiger partial charge in [0.15, 0.2) is 34.9 Å². The molecule has 0 unspecified atom stereocenters. The zero-order valence-electron chi connectivity index (χ0n) is 27.3. The largest absolute Gasteiger partial charge is 0.488 e. The van der Waals surface area contributed by atoms with Crippen LogP contribution in [0.15, 0.2) is 51.4 Å². The zero-order valence-corrected chi connectivity index (χ0v) is 27.3. The maximum atomic E-state index is 6.39. The molecule has 0 aromatic heterocycles. The van der Waals surface area contributed by atoms with Crippen molar-refractivity contribution in [2.45, 2.75) is 13.8 Å². The Balaban J connectivity index is 2.44. The van der Waals surface area contributed by atoms with Crippen molar-refractivity contribution in [2.75, 3.05) is 94.5 Å². The second-order valence-electron chi connectivity index (χ2n) is 9.52. The van der Waals surface area contributed by atoms with E-state index in [1.54, 1.807) is 14.1 Å². The highest BCUT2D eigenvalue weighted by molar-refractivity contribution is 5.81. The number of hydrogen-bond donors (Lipinski definition) is 6. The van der Waals surface area contributed by atoms with E-state index in [4.69, 9.17) is 18.9 Å². The molecule has 0 atom stereocenters. The number of aliphatic imine (C=N–C) groups is 3. The van der Waals surface area contributed by atoms with Crippen LogP contribution >= 0.6 is 0 Å². The molecule has 2 rings (SSSR count). The molecule has 0 heterocycles. The van der Waals surface area contributed by atoms with Crippen LogP contribution in [0.1, 0.15) is 13.8 Å². The molecular weight excluding hydrogens is 562 g/mol. The van der Waals surface area contributed by atoms with E-state index in [9.17, 15) is 0 Å². The fraction of sp³-hybridized carbons (Fsp3) is 0.516. The third-order valence-electron chi connectivity index (χ3n) is 6.07. The van der Waals surface area contributed by atoms with Gasteiger partial charge in [0, 0.05) is 58.2 Å². The third kappa shape index (κ3) is 12.6. The van der Waals surface area contributed by atoms with Gasteiger partial charge in [-0.25, -0.2) is 0 Å². The number of ether oxygens (including phenoxy) is 4. The average molecular weight is 614 g/mol. The number of guanidine groups is 2. The molecule has 2 aromatic carbocycles. The van der Waals surface area contributed by atoms with Gasteiger partial charge in [-0.1, -0.05) is 24.3 Å². The molecule has 0 spiro atoms. The van der Waals surface area contributed by atoms with E-state index < -0.39 is 0 Å². The maximum Gasteiger partial charge on any atom is 0.190 e. The van der Waals surface area contributed by atoms with Crippen LogP contribution in [0.4, 0.5) is 0 Å². The highest BCUT2D eigenvalue weighted by Gasteiger charge is 2.20. The van der Waals surface area contributed by atoms with E-state index >= 15 is 0 Å². The third-order valence-corrected chi connectivity index (χ3v) is 6.07. The summed E-state index contributed by atoms with van der Waals surface area (Å²) in [6.45, 7) is 8.55. The second-order valence-corrected chi connectivity index (χ2v) is 9.52. The lowest BCUT2D eigenvalue weighted by molar-refractivity contribution is 0.269. The van der Waals surface area contributed by atoms with Gasteiger partial charge in [0.25, 0.3) is 0 Å². The predicted octanol–water partition coefficient (Wildman–Crippen LogP) is 1.71. The number of rotatable bonds is 19. The smallest absolute Gasteiger partial charge is 0.190 e. The molecule has 0 saturated heterocycles. The van der Waals surface area contributed by atoms with Crippen LogP contribution in [-0.4, -0.2) is 112 Å². The fourth-order valence-electron chi connectivity index (χ4n) is 4.06. The number of nitrogens with zero attached hydrogens (tertiary/aromatic N) is 3. The van der Waals surface area contributed by atoms with Crippen molar-refractivity contribution in [3.8, 4) is 34.1 Å². The van der Waals surface area contributed by atoms with E-state index in [1.807, 2.05) is 71.4 Å². The van der Waals surface area contributed by atoms with Gasteiger partial charge in [0.1, 0.15) is 26.4 Å². The van der Waals surface area contributed by atoms with Gasteiger partial charge in [-0.2, -0.15) is 0 Å². The molecule has 0 amide bonds. The van der Waals surface area contributed by atoms with Crippen molar-refractivity contribution in [3.63, 3.8) is 0 Å². The Labute approximate surface area is 262 Å². The molecule has 0 bridgehead atoms. The minimum absolute atomic E-state index is 0.372. The summed E-state index contributed by atoms with van der Waals surface area (Å²) in [5.41, 5.74) is 2.65. The van der Waals surface area contributed by atoms with Gasteiger partial charge in [0.05, 0.1) is 19.6 Å². The standard InChI is InChI=1S/C31H51N9O4/c1-23(2)38-15-19-42-27-13-9-11-25(29(27)44-21-17-40-31(35-6)36-7)24-10-8-12-26(41-18-14-37-22-32-3)28(24)43-20-16-39-30(33-4)34-5/h8-13,32,37H,14-22H2,1-7H3,(H2,33,34,39)(H2,35,36,40). The molecule has 6 N–H and O–H groups in total. The maximum absolute atomic E-state index is 6.39. The molecule has 44 heavy (non-hydrogen) atoms. The summed E-state index contributed by atoms with van der Waals surface area (Å²) in [5, 5.41) is 18.8. The van der Waals surface area contributed by atoms with Crippen LogP contribution in [0.25, 0.3) is 11.1 Å². The Morgan fingerprint density at radius 1 is 0.659 bits per heavy atom. The Kier molecular flexibility index (Phi) is 17.5. The van der Waals surface area contributed by atoms with Gasteiger partial charge in [0.2, 0.25) is 0 Å². The summed E-state index contributed by atoms with van der Waals surface area (Å²) < 4.78 is 25.2. The number of hydrogen-bond acceptors (Lipinski definition) is 9. The SMILES string of the molecule is CN=C(NC)NCCOc1c(OCCN=C(C)C)cccc1-c1cccc(OCCNCNC)c1OCCNC(=NC)NC. The quantitative estimate of drug-likeness (QED) is 0.0599. The van der Waals surface area contributed by atoms with Crippen molar-refractivity contribution in [2.24, 2.45) is 15.0 Å². The van der Waals surface area contributed by atoms with Crippen LogP contribution in [-0.2, 0) is 0 Å². The highest BCUT2D eigenvalue weighted by atomic mass is 16.5. The first kappa shape index (κ1) is 36.0. The minimum atomic E-state index is 0.372. The molecule has 0 aliphatic heterocycles. The first-order valence-electron chi connectivity index (χ1n) is 14.9. The number of para-hydroxylation sites is 2. The molecule has 0 fully saturated rings. The van der Waals surface area contributed by atoms with Gasteiger partial charge in [-0.15, -0.1) is 0 Å². The van der Waals surface area contributed by atoms with E-state index in [1.165, 1.54) is 0 Å². The Morgan fingerprint density at radius 3 is 1.61 bits per heavy atom. The summed E-state index contributed by atoms with van der Waals surface area (Å²) in [4.78, 5) is 12.8. The molecule has 0 radical (unpaired) electrons. The van der Waals surface area contributed by atoms with Crippen molar-refractivity contribution in [3.05, 3.63) is 36.4 Å². The van der Waals surface area contributed by atoms with Gasteiger partial charge in [-0.3, -0.25) is 15.0 Å². The van der Waals surface area contributed by atoms with E-state index in [2.05, 4.69) is 46.9 Å². The first-order valence-corrected chi connectivity index (χ1v) is 14.9. The van der Waals surface area contributed by atoms with Crippen LogP contribution in [0.5, 0.6) is 23.0 Å². The minimum Gasteiger partial charge on any atom is -0.488 e. The Bertz CT molecular complexity index is 1200. The molecule has 13 heteroatoms. The summed E-state index contributed by atoms with van der Waals surface area (Å²) in [6, 6.07) is 11.7. The first-order chi connectivity index (χ1) is 21.5. The Hall–Kier alpha value is -4.23. The monoisotopic (exact) mass is 613 g/mol. The highest BCUT2D eigenvalue weighted by Crippen LogP contribution is 2.45. The van der Waals surface area contributed by atoms with Crippen molar-refractivity contribution < 1.29 is 18.9 Å². The van der Waals surface area contributed by atoms with Crippen molar-refractivity contribution in [1.82, 2.24) is 31.9 Å². The van der Waals surface area contributed by atoms with Crippen molar-refractivity contribution in [1.29, 1.82) is 0 Å². The van der Waals surface area contributed by atoms with E-state index in [0.717, 1.165) is 16.8 Å². The topological polar surface area (TPSA) is 146 Å². The lowest BCUT2D eigenvalue weighted by Crippen LogP contribution is -2.37. The lowest BCUT2D eigenvalue weighted by Gasteiger charge is -2.21. The normalized spacial score (nSPS) is 11.4. The summed E-state index contributed by atoms with van der Waals surface area (Å²) >= 11 is 0. The van der Waals surface area contributed by atoms with Gasteiger partial charge in [-0.05, 0) is 33.0 Å². The van der Waals surface area contributed by atoms with Crippen LogP contribution in [0, 0.1) is 0 Å². The molecule has 0 aliphatic carbocycles. The number of benzene rings is 2. The van der Waals surface area contributed by atoms with Gasteiger partial charge < -0.3 is 50.8 Å². The average Bonchev–Trinajstić information content (AvgIpc) is 3.03. The molecular formula is C31H51N9O4. The molecule has 0 aliphatic rings.